The zero-order valence-corrected chi connectivity index (χ0v) is 12.4. The van der Waals surface area contributed by atoms with E-state index in [0.29, 0.717) is 29.7 Å². The first-order valence-electron chi connectivity index (χ1n) is 6.31. The van der Waals surface area contributed by atoms with Crippen molar-refractivity contribution in [2.75, 3.05) is 13.7 Å². The summed E-state index contributed by atoms with van der Waals surface area (Å²) in [6, 6.07) is 3.76. The van der Waals surface area contributed by atoms with Crippen LogP contribution in [0, 0.1) is 0 Å². The summed E-state index contributed by atoms with van der Waals surface area (Å²) in [5.41, 5.74) is 7.55. The fourth-order valence-corrected chi connectivity index (χ4v) is 2.21. The lowest BCUT2D eigenvalue weighted by atomic mass is 10.1. The summed E-state index contributed by atoms with van der Waals surface area (Å²) in [4.78, 5) is 0. The Hall–Kier alpha value is -1.72. The monoisotopic (exact) mass is 295 g/mol. The largest absolute Gasteiger partial charge is 0.493 e. The number of nitrogens with two attached hydrogens (primary N) is 1. The van der Waals surface area contributed by atoms with Gasteiger partial charge in [0.25, 0.3) is 0 Å². The van der Waals surface area contributed by atoms with E-state index in [1.54, 1.807) is 18.0 Å². The molecule has 0 aliphatic carbocycles. The molecule has 0 bridgehead atoms. The van der Waals surface area contributed by atoms with Gasteiger partial charge in [-0.1, -0.05) is 11.6 Å². The van der Waals surface area contributed by atoms with Crippen molar-refractivity contribution >= 4 is 11.6 Å². The number of methoxy groups -OCH3 is 1. The Morgan fingerprint density at radius 1 is 1.35 bits per heavy atom. The maximum Gasteiger partial charge on any atom is 0.180 e. The van der Waals surface area contributed by atoms with Crippen LogP contribution in [0.2, 0.25) is 5.02 Å². The van der Waals surface area contributed by atoms with Crippen LogP contribution >= 0.6 is 11.6 Å². The summed E-state index contributed by atoms with van der Waals surface area (Å²) in [5, 5.41) is 4.62. The molecule has 0 aliphatic heterocycles. The molecule has 0 aliphatic rings. The van der Waals surface area contributed by atoms with Crippen molar-refractivity contribution in [3.63, 3.8) is 0 Å². The van der Waals surface area contributed by atoms with Crippen molar-refractivity contribution in [1.29, 1.82) is 0 Å². The maximum absolute atomic E-state index is 6.25. The van der Waals surface area contributed by atoms with E-state index in [-0.39, 0.29) is 0 Å². The zero-order valence-electron chi connectivity index (χ0n) is 11.6. The summed E-state index contributed by atoms with van der Waals surface area (Å²) in [5.74, 6) is 1.16. The first-order chi connectivity index (χ1) is 9.63. The first-order valence-corrected chi connectivity index (χ1v) is 6.68. The van der Waals surface area contributed by atoms with E-state index in [9.17, 15) is 0 Å². The molecule has 1 aromatic heterocycles. The molecule has 0 saturated heterocycles. The van der Waals surface area contributed by atoms with E-state index in [0.717, 1.165) is 17.5 Å². The molecule has 0 spiro atoms. The molecule has 0 saturated carbocycles. The first kappa shape index (κ1) is 14.7. The smallest absolute Gasteiger partial charge is 0.180 e. The van der Waals surface area contributed by atoms with E-state index in [4.69, 9.17) is 26.8 Å². The van der Waals surface area contributed by atoms with Gasteiger partial charge in [0.1, 0.15) is 6.61 Å². The molecule has 5 nitrogen and oxygen atoms in total. The average molecular weight is 296 g/mol. The van der Waals surface area contributed by atoms with Gasteiger partial charge in [-0.05, 0) is 30.7 Å². The van der Waals surface area contributed by atoms with Gasteiger partial charge in [-0.15, -0.1) is 0 Å². The van der Waals surface area contributed by atoms with Crippen molar-refractivity contribution in [1.82, 2.24) is 9.78 Å². The Bertz CT molecular complexity index is 584. The maximum atomic E-state index is 6.25. The minimum Gasteiger partial charge on any atom is -0.493 e. The van der Waals surface area contributed by atoms with Crippen LogP contribution in [0.5, 0.6) is 11.5 Å². The fraction of sp³-hybridized carbons (Fsp3) is 0.357. The van der Waals surface area contributed by atoms with E-state index in [2.05, 4.69) is 5.10 Å². The highest BCUT2D eigenvalue weighted by atomic mass is 35.5. The minimum atomic E-state index is 0.389. The van der Waals surface area contributed by atoms with Gasteiger partial charge in [-0.25, -0.2) is 0 Å². The number of aryl methyl sites for hydroxylation is 1. The van der Waals surface area contributed by atoms with Crippen LogP contribution in [0.15, 0.2) is 24.5 Å². The molecule has 2 rings (SSSR count). The zero-order chi connectivity index (χ0) is 14.5. The third-order valence-corrected chi connectivity index (χ3v) is 3.14. The molecule has 1 aromatic carbocycles. The lowest BCUT2D eigenvalue weighted by molar-refractivity contribution is 0.284. The topological polar surface area (TPSA) is 62.3 Å². The summed E-state index contributed by atoms with van der Waals surface area (Å²) < 4.78 is 12.8. The highest BCUT2D eigenvalue weighted by Crippen LogP contribution is 2.37. The van der Waals surface area contributed by atoms with E-state index in [1.165, 1.54) is 0 Å². The molecule has 0 radical (unpaired) electrons. The molecule has 2 aromatic rings. The third kappa shape index (κ3) is 3.43. The summed E-state index contributed by atoms with van der Waals surface area (Å²) in [6.07, 6.45) is 4.39. The number of ether oxygens (including phenoxy) is 2. The average Bonchev–Trinajstić information content (AvgIpc) is 2.83. The van der Waals surface area contributed by atoms with Gasteiger partial charge in [0.15, 0.2) is 11.5 Å². The second-order valence-electron chi connectivity index (χ2n) is 4.46. The molecule has 0 fully saturated rings. The predicted molar refractivity (Wildman–Crippen MR) is 78.3 cm³/mol. The SMILES string of the molecule is COc1cc(CCN)cc(Cl)c1OCc1cnn(C)c1. The van der Waals surface area contributed by atoms with Crippen molar-refractivity contribution in [2.24, 2.45) is 12.8 Å². The Morgan fingerprint density at radius 2 is 2.15 bits per heavy atom. The van der Waals surface area contributed by atoms with E-state index < -0.39 is 0 Å². The van der Waals surface area contributed by atoms with Gasteiger partial charge < -0.3 is 15.2 Å². The number of hydrogen-bond donors (Lipinski definition) is 1. The molecule has 0 unspecified atom stereocenters. The van der Waals surface area contributed by atoms with Crippen molar-refractivity contribution in [3.8, 4) is 11.5 Å². The molecule has 20 heavy (non-hydrogen) atoms. The van der Waals surface area contributed by atoms with Crippen LogP contribution in [0.1, 0.15) is 11.1 Å². The van der Waals surface area contributed by atoms with Crippen LogP contribution in [-0.4, -0.2) is 23.4 Å². The van der Waals surface area contributed by atoms with Crippen molar-refractivity contribution < 1.29 is 9.47 Å². The number of aromatic nitrogens is 2. The molecule has 2 N–H and O–H groups in total. The number of rotatable bonds is 6. The van der Waals surface area contributed by atoms with Crippen molar-refractivity contribution in [2.45, 2.75) is 13.0 Å². The van der Waals surface area contributed by atoms with Crippen LogP contribution in [-0.2, 0) is 20.1 Å². The van der Waals surface area contributed by atoms with Gasteiger partial charge in [-0.3, -0.25) is 4.68 Å². The molecular formula is C14H18ClN3O2. The van der Waals surface area contributed by atoms with Crippen molar-refractivity contribution in [3.05, 3.63) is 40.7 Å². The highest BCUT2D eigenvalue weighted by Gasteiger charge is 2.12. The third-order valence-electron chi connectivity index (χ3n) is 2.86. The molecular weight excluding hydrogens is 278 g/mol. The van der Waals surface area contributed by atoms with Crippen LogP contribution < -0.4 is 15.2 Å². The van der Waals surface area contributed by atoms with Gasteiger partial charge in [-0.2, -0.15) is 5.10 Å². The van der Waals surface area contributed by atoms with Gasteiger partial charge >= 0.3 is 0 Å². The summed E-state index contributed by atoms with van der Waals surface area (Å²) in [7, 11) is 3.45. The number of benzene rings is 1. The lowest BCUT2D eigenvalue weighted by Gasteiger charge is -2.13. The number of hydrogen-bond acceptors (Lipinski definition) is 4. The molecule has 0 amide bonds. The quantitative estimate of drug-likeness (QED) is 0.887. The molecule has 0 atom stereocenters. The predicted octanol–water partition coefficient (Wildman–Crippen LogP) is 2.16. The number of nitrogens with zero attached hydrogens (tertiary/aromatic N) is 2. The molecule has 108 valence electrons. The van der Waals surface area contributed by atoms with Gasteiger partial charge in [0.05, 0.1) is 18.3 Å². The highest BCUT2D eigenvalue weighted by molar-refractivity contribution is 6.32. The molecule has 1 heterocycles. The Balaban J connectivity index is 2.17. The Labute approximate surface area is 123 Å². The second-order valence-corrected chi connectivity index (χ2v) is 4.87. The second kappa shape index (κ2) is 6.63. The Morgan fingerprint density at radius 3 is 2.75 bits per heavy atom. The fourth-order valence-electron chi connectivity index (χ4n) is 1.93. The van der Waals surface area contributed by atoms with Crippen LogP contribution in [0.3, 0.4) is 0 Å². The standard InChI is InChI=1S/C14H18ClN3O2/c1-18-8-11(7-17-18)9-20-14-12(15)5-10(3-4-16)6-13(14)19-2/h5-8H,3-4,9,16H2,1-2H3. The molecule has 6 heteroatoms. The normalized spacial score (nSPS) is 10.6. The summed E-state index contributed by atoms with van der Waals surface area (Å²) in [6.45, 7) is 0.954. The minimum absolute atomic E-state index is 0.389. The lowest BCUT2D eigenvalue weighted by Crippen LogP contribution is -2.04. The van der Waals surface area contributed by atoms with E-state index in [1.807, 2.05) is 25.4 Å². The van der Waals surface area contributed by atoms with Crippen LogP contribution in [0.4, 0.5) is 0 Å². The van der Waals surface area contributed by atoms with Gasteiger partial charge in [0, 0.05) is 18.8 Å². The summed E-state index contributed by atoms with van der Waals surface area (Å²) >= 11 is 6.25. The van der Waals surface area contributed by atoms with Gasteiger partial charge in [0.2, 0.25) is 0 Å². The van der Waals surface area contributed by atoms with Crippen LogP contribution in [0.25, 0.3) is 0 Å². The van der Waals surface area contributed by atoms with E-state index >= 15 is 0 Å². The Kier molecular flexibility index (Phi) is 4.87. The number of halogens is 1.